The topological polar surface area (TPSA) is 20.2 Å². The maximum atomic E-state index is 9.40. The second kappa shape index (κ2) is 1.98. The SMILES string of the molecule is OC1CCC2CCC1C2. The van der Waals surface area contributed by atoms with E-state index in [0.717, 1.165) is 12.3 Å². The van der Waals surface area contributed by atoms with Gasteiger partial charge in [-0.05, 0) is 37.5 Å². The van der Waals surface area contributed by atoms with Crippen LogP contribution < -0.4 is 0 Å². The number of fused-ring (bicyclic) bond motifs is 2. The predicted molar refractivity (Wildman–Crippen MR) is 36.1 cm³/mol. The molecule has 0 radical (unpaired) electrons. The van der Waals surface area contributed by atoms with Gasteiger partial charge in [0.05, 0.1) is 6.10 Å². The molecular weight excluding hydrogens is 112 g/mol. The largest absolute Gasteiger partial charge is 0.393 e. The van der Waals surface area contributed by atoms with Gasteiger partial charge in [-0.2, -0.15) is 0 Å². The van der Waals surface area contributed by atoms with Crippen molar-refractivity contribution in [3.8, 4) is 0 Å². The minimum Gasteiger partial charge on any atom is -0.393 e. The maximum absolute atomic E-state index is 9.40. The van der Waals surface area contributed by atoms with E-state index in [1.165, 1.54) is 25.7 Å². The molecule has 0 heterocycles. The molecule has 52 valence electrons. The third-order valence-corrected chi connectivity index (χ3v) is 3.00. The molecule has 2 fully saturated rings. The van der Waals surface area contributed by atoms with Crippen molar-refractivity contribution in [2.24, 2.45) is 11.8 Å². The summed E-state index contributed by atoms with van der Waals surface area (Å²) in [5, 5.41) is 9.40. The van der Waals surface area contributed by atoms with Gasteiger partial charge in [0, 0.05) is 0 Å². The summed E-state index contributed by atoms with van der Waals surface area (Å²) >= 11 is 0. The Labute approximate surface area is 56.1 Å². The lowest BCUT2D eigenvalue weighted by Gasteiger charge is -2.23. The lowest BCUT2D eigenvalue weighted by molar-refractivity contribution is 0.0770. The average molecular weight is 126 g/mol. The Hall–Kier alpha value is -0.0400. The summed E-state index contributed by atoms with van der Waals surface area (Å²) in [5.41, 5.74) is 0. The normalized spacial score (nSPS) is 49.7. The Morgan fingerprint density at radius 3 is 2.56 bits per heavy atom. The van der Waals surface area contributed by atoms with Crippen LogP contribution in [0.5, 0.6) is 0 Å². The number of hydrogen-bond acceptors (Lipinski definition) is 1. The molecule has 3 atom stereocenters. The average Bonchev–Trinajstić information content (AvgIpc) is 2.25. The van der Waals surface area contributed by atoms with Crippen molar-refractivity contribution < 1.29 is 5.11 Å². The van der Waals surface area contributed by atoms with E-state index in [4.69, 9.17) is 0 Å². The highest BCUT2D eigenvalue weighted by Gasteiger charge is 2.34. The highest BCUT2D eigenvalue weighted by atomic mass is 16.3. The van der Waals surface area contributed by atoms with Crippen LogP contribution in [0, 0.1) is 11.8 Å². The van der Waals surface area contributed by atoms with Gasteiger partial charge in [0.25, 0.3) is 0 Å². The molecule has 3 unspecified atom stereocenters. The Morgan fingerprint density at radius 2 is 1.78 bits per heavy atom. The monoisotopic (exact) mass is 126 g/mol. The van der Waals surface area contributed by atoms with Crippen LogP contribution in [0.1, 0.15) is 32.1 Å². The first-order valence-electron chi connectivity index (χ1n) is 4.04. The van der Waals surface area contributed by atoms with Gasteiger partial charge < -0.3 is 5.11 Å². The van der Waals surface area contributed by atoms with Crippen molar-refractivity contribution in [3.05, 3.63) is 0 Å². The Balaban J connectivity index is 2.05. The molecule has 1 heteroatoms. The van der Waals surface area contributed by atoms with Crippen LogP contribution in [0.3, 0.4) is 0 Å². The van der Waals surface area contributed by atoms with Gasteiger partial charge in [0.2, 0.25) is 0 Å². The summed E-state index contributed by atoms with van der Waals surface area (Å²) in [6.45, 7) is 0. The van der Waals surface area contributed by atoms with Crippen LogP contribution in [0.2, 0.25) is 0 Å². The molecule has 2 bridgehead atoms. The molecule has 0 saturated heterocycles. The molecule has 2 aliphatic rings. The number of rotatable bonds is 0. The summed E-state index contributed by atoms with van der Waals surface area (Å²) < 4.78 is 0. The number of hydrogen-bond donors (Lipinski definition) is 1. The van der Waals surface area contributed by atoms with E-state index in [0.29, 0.717) is 5.92 Å². The van der Waals surface area contributed by atoms with E-state index in [1.807, 2.05) is 0 Å². The Bertz CT molecular complexity index is 111. The summed E-state index contributed by atoms with van der Waals surface area (Å²) in [6, 6.07) is 0. The first-order valence-corrected chi connectivity index (χ1v) is 4.04. The molecule has 1 N–H and O–H groups in total. The highest BCUT2D eigenvalue weighted by molar-refractivity contribution is 4.85. The maximum Gasteiger partial charge on any atom is 0.0568 e. The molecule has 0 aliphatic heterocycles. The fourth-order valence-electron chi connectivity index (χ4n) is 2.37. The van der Waals surface area contributed by atoms with Crippen LogP contribution in [0.15, 0.2) is 0 Å². The summed E-state index contributed by atoms with van der Waals surface area (Å²) in [4.78, 5) is 0. The van der Waals surface area contributed by atoms with Crippen LogP contribution in [0.4, 0.5) is 0 Å². The van der Waals surface area contributed by atoms with Gasteiger partial charge in [-0.1, -0.05) is 6.42 Å². The first-order chi connectivity index (χ1) is 4.36. The van der Waals surface area contributed by atoms with E-state index < -0.39 is 0 Å². The molecule has 1 nitrogen and oxygen atoms in total. The number of aliphatic hydroxyl groups excluding tert-OH is 1. The van der Waals surface area contributed by atoms with Crippen molar-refractivity contribution in [2.45, 2.75) is 38.2 Å². The third-order valence-electron chi connectivity index (χ3n) is 3.00. The molecule has 0 aromatic heterocycles. The van der Waals surface area contributed by atoms with Gasteiger partial charge in [0.15, 0.2) is 0 Å². The van der Waals surface area contributed by atoms with Crippen molar-refractivity contribution in [2.75, 3.05) is 0 Å². The van der Waals surface area contributed by atoms with Gasteiger partial charge in [-0.3, -0.25) is 0 Å². The van der Waals surface area contributed by atoms with Crippen molar-refractivity contribution in [1.29, 1.82) is 0 Å². The van der Waals surface area contributed by atoms with Crippen LogP contribution in [-0.4, -0.2) is 11.2 Å². The van der Waals surface area contributed by atoms with E-state index in [9.17, 15) is 5.11 Å². The third kappa shape index (κ3) is 0.877. The van der Waals surface area contributed by atoms with Crippen molar-refractivity contribution >= 4 is 0 Å². The standard InChI is InChI=1S/C8H14O/c9-8-4-2-6-1-3-7(8)5-6/h6-9H,1-5H2. The minimum atomic E-state index is 0.0590. The zero-order chi connectivity index (χ0) is 6.27. The van der Waals surface area contributed by atoms with Gasteiger partial charge >= 0.3 is 0 Å². The van der Waals surface area contributed by atoms with Crippen molar-refractivity contribution in [3.63, 3.8) is 0 Å². The summed E-state index contributed by atoms with van der Waals surface area (Å²) in [6.07, 6.45) is 6.44. The first kappa shape index (κ1) is 5.72. The molecule has 0 spiro atoms. The lowest BCUT2D eigenvalue weighted by Crippen LogP contribution is -2.22. The molecule has 2 saturated carbocycles. The quantitative estimate of drug-likeness (QED) is 0.522. The second-order valence-electron chi connectivity index (χ2n) is 3.58. The fraction of sp³-hybridized carbons (Fsp3) is 1.00. The summed E-state index contributed by atoms with van der Waals surface area (Å²) in [5.74, 6) is 1.67. The molecular formula is C8H14O. The van der Waals surface area contributed by atoms with Gasteiger partial charge in [-0.15, -0.1) is 0 Å². The molecule has 0 aromatic rings. The van der Waals surface area contributed by atoms with E-state index >= 15 is 0 Å². The van der Waals surface area contributed by atoms with Gasteiger partial charge in [-0.25, -0.2) is 0 Å². The lowest BCUT2D eigenvalue weighted by atomic mass is 9.87. The molecule has 2 rings (SSSR count). The molecule has 0 aromatic carbocycles. The van der Waals surface area contributed by atoms with Crippen LogP contribution >= 0.6 is 0 Å². The zero-order valence-corrected chi connectivity index (χ0v) is 5.71. The highest BCUT2D eigenvalue weighted by Crippen LogP contribution is 2.41. The summed E-state index contributed by atoms with van der Waals surface area (Å²) in [7, 11) is 0. The van der Waals surface area contributed by atoms with Gasteiger partial charge in [0.1, 0.15) is 0 Å². The van der Waals surface area contributed by atoms with E-state index in [2.05, 4.69) is 0 Å². The fourth-order valence-corrected chi connectivity index (χ4v) is 2.37. The van der Waals surface area contributed by atoms with Crippen molar-refractivity contribution in [1.82, 2.24) is 0 Å². The van der Waals surface area contributed by atoms with Crippen LogP contribution in [0.25, 0.3) is 0 Å². The second-order valence-corrected chi connectivity index (χ2v) is 3.58. The predicted octanol–water partition coefficient (Wildman–Crippen LogP) is 1.56. The number of aliphatic hydroxyl groups is 1. The molecule has 0 amide bonds. The Morgan fingerprint density at radius 1 is 1.00 bits per heavy atom. The van der Waals surface area contributed by atoms with E-state index in [1.54, 1.807) is 0 Å². The van der Waals surface area contributed by atoms with Crippen LogP contribution in [-0.2, 0) is 0 Å². The smallest absolute Gasteiger partial charge is 0.0568 e. The molecule has 9 heavy (non-hydrogen) atoms. The zero-order valence-electron chi connectivity index (χ0n) is 5.71. The Kier molecular flexibility index (Phi) is 1.26. The van der Waals surface area contributed by atoms with E-state index in [-0.39, 0.29) is 6.10 Å². The minimum absolute atomic E-state index is 0.0590. The molecule has 2 aliphatic carbocycles.